The summed E-state index contributed by atoms with van der Waals surface area (Å²) in [6.07, 6.45) is 0.435. The summed E-state index contributed by atoms with van der Waals surface area (Å²) < 4.78 is 15.9. The Hall–Kier alpha value is -0.120. The second-order valence-electron chi connectivity index (χ2n) is 3.09. The van der Waals surface area contributed by atoms with Gasteiger partial charge < -0.3 is 14.2 Å². The summed E-state index contributed by atoms with van der Waals surface area (Å²) in [7, 11) is 0. The van der Waals surface area contributed by atoms with Gasteiger partial charge >= 0.3 is 0 Å². The van der Waals surface area contributed by atoms with E-state index in [1.165, 1.54) is 0 Å². The molecule has 58 valence electrons. The summed E-state index contributed by atoms with van der Waals surface area (Å²) in [5.74, 6) is 0. The van der Waals surface area contributed by atoms with E-state index in [2.05, 4.69) is 6.92 Å². The lowest BCUT2D eigenvalue weighted by Crippen LogP contribution is -2.27. The molecule has 0 bridgehead atoms. The molecule has 0 aromatic heterocycles. The van der Waals surface area contributed by atoms with Gasteiger partial charge in [0.2, 0.25) is 0 Å². The van der Waals surface area contributed by atoms with Crippen LogP contribution >= 0.6 is 0 Å². The molecule has 2 saturated heterocycles. The predicted molar refractivity (Wildman–Crippen MR) is 34.6 cm³/mol. The summed E-state index contributed by atoms with van der Waals surface area (Å²) in [5, 5.41) is 0. The van der Waals surface area contributed by atoms with E-state index < -0.39 is 0 Å². The summed E-state index contributed by atoms with van der Waals surface area (Å²) in [5.41, 5.74) is -0.0590. The Morgan fingerprint density at radius 1 is 1.50 bits per heavy atom. The van der Waals surface area contributed by atoms with Gasteiger partial charge in [-0.2, -0.15) is 0 Å². The van der Waals surface area contributed by atoms with Gasteiger partial charge in [-0.3, -0.25) is 0 Å². The maximum Gasteiger partial charge on any atom is 0.147 e. The van der Waals surface area contributed by atoms with E-state index in [9.17, 15) is 0 Å². The third kappa shape index (κ3) is 0.779. The van der Waals surface area contributed by atoms with Crippen molar-refractivity contribution in [1.82, 2.24) is 0 Å². The van der Waals surface area contributed by atoms with Crippen LogP contribution in [-0.2, 0) is 14.2 Å². The minimum absolute atomic E-state index is 0.0590. The SMILES string of the molecule is CC1OCOCC2OC12C. The quantitative estimate of drug-likeness (QED) is 0.465. The van der Waals surface area contributed by atoms with E-state index in [0.29, 0.717) is 13.4 Å². The highest BCUT2D eigenvalue weighted by atomic mass is 16.7. The van der Waals surface area contributed by atoms with Crippen molar-refractivity contribution in [2.45, 2.75) is 31.7 Å². The predicted octanol–water partition coefficient (Wildman–Crippen LogP) is 0.537. The van der Waals surface area contributed by atoms with Crippen LogP contribution in [0.2, 0.25) is 0 Å². The molecule has 0 aromatic carbocycles. The lowest BCUT2D eigenvalue weighted by Gasteiger charge is -2.13. The van der Waals surface area contributed by atoms with E-state index in [0.717, 1.165) is 0 Å². The summed E-state index contributed by atoms with van der Waals surface area (Å²) >= 11 is 0. The molecule has 0 aliphatic carbocycles. The lowest BCUT2D eigenvalue weighted by atomic mass is 10.0. The first-order chi connectivity index (χ1) is 4.73. The van der Waals surface area contributed by atoms with Crippen molar-refractivity contribution in [3.63, 3.8) is 0 Å². The van der Waals surface area contributed by atoms with Gasteiger partial charge in [-0.05, 0) is 13.8 Å². The van der Waals surface area contributed by atoms with E-state index >= 15 is 0 Å². The van der Waals surface area contributed by atoms with E-state index in [-0.39, 0.29) is 17.8 Å². The molecule has 3 atom stereocenters. The number of hydrogen-bond acceptors (Lipinski definition) is 3. The van der Waals surface area contributed by atoms with Crippen LogP contribution < -0.4 is 0 Å². The Morgan fingerprint density at radius 3 is 3.10 bits per heavy atom. The van der Waals surface area contributed by atoms with Gasteiger partial charge in [0.1, 0.15) is 18.5 Å². The summed E-state index contributed by atoms with van der Waals surface area (Å²) in [4.78, 5) is 0. The van der Waals surface area contributed by atoms with Crippen molar-refractivity contribution in [2.24, 2.45) is 0 Å². The molecule has 10 heavy (non-hydrogen) atoms. The first-order valence-electron chi connectivity index (χ1n) is 3.60. The number of rotatable bonds is 0. The van der Waals surface area contributed by atoms with Crippen LogP contribution in [0, 0.1) is 0 Å². The zero-order chi connectivity index (χ0) is 7.19. The Labute approximate surface area is 60.3 Å². The highest BCUT2D eigenvalue weighted by molar-refractivity contribution is 5.04. The van der Waals surface area contributed by atoms with Crippen molar-refractivity contribution in [1.29, 1.82) is 0 Å². The standard InChI is InChI=1S/C7H12O3/c1-5-7(2)6(10-7)3-8-4-9-5/h5-6H,3-4H2,1-2H3. The molecule has 0 amide bonds. The van der Waals surface area contributed by atoms with E-state index in [4.69, 9.17) is 14.2 Å². The van der Waals surface area contributed by atoms with Crippen LogP contribution in [0.5, 0.6) is 0 Å². The lowest BCUT2D eigenvalue weighted by molar-refractivity contribution is -0.0982. The Balaban J connectivity index is 2.08. The van der Waals surface area contributed by atoms with Gasteiger partial charge in [0, 0.05) is 0 Å². The Bertz CT molecular complexity index is 146. The van der Waals surface area contributed by atoms with Crippen LogP contribution in [0.3, 0.4) is 0 Å². The molecular weight excluding hydrogens is 132 g/mol. The number of ether oxygens (including phenoxy) is 3. The Morgan fingerprint density at radius 2 is 2.30 bits per heavy atom. The van der Waals surface area contributed by atoms with Gasteiger partial charge in [-0.15, -0.1) is 0 Å². The van der Waals surface area contributed by atoms with Crippen molar-refractivity contribution in [2.75, 3.05) is 13.4 Å². The second-order valence-corrected chi connectivity index (χ2v) is 3.09. The molecule has 2 rings (SSSR count). The van der Waals surface area contributed by atoms with Gasteiger partial charge in [-0.1, -0.05) is 0 Å². The van der Waals surface area contributed by atoms with Crippen LogP contribution in [0.1, 0.15) is 13.8 Å². The van der Waals surface area contributed by atoms with Crippen molar-refractivity contribution in [3.8, 4) is 0 Å². The van der Waals surface area contributed by atoms with E-state index in [1.54, 1.807) is 0 Å². The zero-order valence-corrected chi connectivity index (χ0v) is 6.29. The normalized spacial score (nSPS) is 53.4. The summed E-state index contributed by atoms with van der Waals surface area (Å²) in [6.45, 7) is 5.18. The molecule has 0 spiro atoms. The number of fused-ring (bicyclic) bond motifs is 1. The van der Waals surface area contributed by atoms with Gasteiger partial charge in [0.25, 0.3) is 0 Å². The minimum Gasteiger partial charge on any atom is -0.361 e. The molecule has 0 radical (unpaired) electrons. The maximum atomic E-state index is 5.41. The average Bonchev–Trinajstić information content (AvgIpc) is 2.55. The van der Waals surface area contributed by atoms with Crippen molar-refractivity contribution >= 4 is 0 Å². The fourth-order valence-corrected chi connectivity index (χ4v) is 1.30. The van der Waals surface area contributed by atoms with Crippen molar-refractivity contribution in [3.05, 3.63) is 0 Å². The van der Waals surface area contributed by atoms with Gasteiger partial charge in [-0.25, -0.2) is 0 Å². The topological polar surface area (TPSA) is 31.0 Å². The highest BCUT2D eigenvalue weighted by Crippen LogP contribution is 2.41. The molecular formula is C7H12O3. The molecule has 0 N–H and O–H groups in total. The average molecular weight is 144 g/mol. The Kier molecular flexibility index (Phi) is 1.27. The summed E-state index contributed by atoms with van der Waals surface area (Å²) in [6, 6.07) is 0. The molecule has 2 aliphatic rings. The molecule has 3 nitrogen and oxygen atoms in total. The minimum atomic E-state index is -0.0590. The van der Waals surface area contributed by atoms with E-state index in [1.807, 2.05) is 6.92 Å². The molecule has 2 heterocycles. The number of epoxide rings is 1. The molecule has 3 heteroatoms. The van der Waals surface area contributed by atoms with Crippen molar-refractivity contribution < 1.29 is 14.2 Å². The molecule has 0 saturated carbocycles. The smallest absolute Gasteiger partial charge is 0.147 e. The molecule has 0 aromatic rings. The van der Waals surface area contributed by atoms with Gasteiger partial charge in [0.05, 0.1) is 12.7 Å². The largest absolute Gasteiger partial charge is 0.361 e. The zero-order valence-electron chi connectivity index (χ0n) is 6.29. The monoisotopic (exact) mass is 144 g/mol. The number of hydrogen-bond donors (Lipinski definition) is 0. The second kappa shape index (κ2) is 1.94. The fraction of sp³-hybridized carbons (Fsp3) is 1.00. The van der Waals surface area contributed by atoms with Crippen LogP contribution in [0.15, 0.2) is 0 Å². The molecule has 2 aliphatic heterocycles. The van der Waals surface area contributed by atoms with Crippen LogP contribution in [0.25, 0.3) is 0 Å². The fourth-order valence-electron chi connectivity index (χ4n) is 1.30. The van der Waals surface area contributed by atoms with Crippen LogP contribution in [-0.4, -0.2) is 31.2 Å². The highest BCUT2D eigenvalue weighted by Gasteiger charge is 2.57. The van der Waals surface area contributed by atoms with Crippen LogP contribution in [0.4, 0.5) is 0 Å². The molecule has 3 unspecified atom stereocenters. The third-order valence-corrected chi connectivity index (χ3v) is 2.46. The molecule has 2 fully saturated rings. The third-order valence-electron chi connectivity index (χ3n) is 2.46. The first kappa shape index (κ1) is 6.58. The maximum absolute atomic E-state index is 5.41. The first-order valence-corrected chi connectivity index (χ1v) is 3.60. The van der Waals surface area contributed by atoms with Gasteiger partial charge in [0.15, 0.2) is 0 Å².